The molecule has 0 aliphatic heterocycles. The van der Waals surface area contributed by atoms with Crippen molar-refractivity contribution < 1.29 is 9.15 Å². The van der Waals surface area contributed by atoms with Crippen molar-refractivity contribution in [1.29, 1.82) is 0 Å². The zero-order valence-corrected chi connectivity index (χ0v) is 12.0. The molecule has 3 aromatic rings. The highest BCUT2D eigenvalue weighted by Gasteiger charge is 2.14. The van der Waals surface area contributed by atoms with Crippen molar-refractivity contribution in [1.82, 2.24) is 4.98 Å². The summed E-state index contributed by atoms with van der Waals surface area (Å²) in [5.74, 6) is 1.33. The lowest BCUT2D eigenvalue weighted by atomic mass is 10.1. The van der Waals surface area contributed by atoms with Crippen LogP contribution in [0, 0.1) is 0 Å². The zero-order chi connectivity index (χ0) is 14.7. The van der Waals surface area contributed by atoms with E-state index >= 15 is 0 Å². The van der Waals surface area contributed by atoms with Crippen molar-refractivity contribution in [3.05, 3.63) is 60.0 Å². The lowest BCUT2D eigenvalue weighted by Crippen LogP contribution is -2.11. The van der Waals surface area contributed by atoms with Gasteiger partial charge in [-0.05, 0) is 30.5 Å². The van der Waals surface area contributed by atoms with E-state index in [0.29, 0.717) is 11.5 Å². The van der Waals surface area contributed by atoms with Crippen LogP contribution in [0.2, 0.25) is 0 Å². The third kappa shape index (κ3) is 3.06. The minimum Gasteiger partial charge on any atom is -0.497 e. The van der Waals surface area contributed by atoms with Gasteiger partial charge in [-0.2, -0.15) is 0 Å². The molecule has 1 unspecified atom stereocenters. The Labute approximate surface area is 123 Å². The molecule has 4 heteroatoms. The molecule has 0 saturated carbocycles. The van der Waals surface area contributed by atoms with Gasteiger partial charge in [0.15, 0.2) is 5.58 Å². The number of fused-ring (bicyclic) bond motifs is 1. The maximum Gasteiger partial charge on any atom is 0.212 e. The number of nitrogens with zero attached hydrogens (tertiary/aromatic N) is 1. The second-order valence-corrected chi connectivity index (χ2v) is 5.02. The summed E-state index contributed by atoms with van der Waals surface area (Å²) in [4.78, 5) is 4.45. The van der Waals surface area contributed by atoms with E-state index in [9.17, 15) is 0 Å². The van der Waals surface area contributed by atoms with Crippen molar-refractivity contribution in [3.63, 3.8) is 0 Å². The molecule has 21 heavy (non-hydrogen) atoms. The van der Waals surface area contributed by atoms with Crippen LogP contribution in [-0.2, 0) is 6.42 Å². The topological polar surface area (TPSA) is 61.3 Å². The lowest BCUT2D eigenvalue weighted by molar-refractivity contribution is 0.413. The molecule has 0 amide bonds. The van der Waals surface area contributed by atoms with Crippen LogP contribution in [0.5, 0.6) is 5.75 Å². The molecule has 1 atom stereocenters. The van der Waals surface area contributed by atoms with E-state index in [1.54, 1.807) is 7.11 Å². The number of nitrogens with two attached hydrogens (primary N) is 1. The van der Waals surface area contributed by atoms with Gasteiger partial charge >= 0.3 is 0 Å². The first kappa shape index (κ1) is 13.6. The van der Waals surface area contributed by atoms with Crippen LogP contribution in [0.25, 0.3) is 11.1 Å². The Balaban J connectivity index is 1.73. The predicted octanol–water partition coefficient (Wildman–Crippen LogP) is 3.47. The lowest BCUT2D eigenvalue weighted by Gasteiger charge is -2.07. The Morgan fingerprint density at radius 1 is 1.19 bits per heavy atom. The van der Waals surface area contributed by atoms with Gasteiger partial charge in [-0.25, -0.2) is 4.98 Å². The third-order valence-corrected chi connectivity index (χ3v) is 3.52. The molecule has 4 nitrogen and oxygen atoms in total. The number of methoxy groups -OCH3 is 1. The molecule has 108 valence electrons. The van der Waals surface area contributed by atoms with E-state index in [2.05, 4.69) is 17.1 Å². The summed E-state index contributed by atoms with van der Waals surface area (Å²) in [5, 5.41) is 0. The van der Waals surface area contributed by atoms with Gasteiger partial charge in [0.05, 0.1) is 13.2 Å². The highest BCUT2D eigenvalue weighted by atomic mass is 16.5. The molecule has 2 N–H and O–H groups in total. The van der Waals surface area contributed by atoms with E-state index in [0.717, 1.165) is 24.1 Å². The van der Waals surface area contributed by atoms with Crippen LogP contribution in [-0.4, -0.2) is 12.1 Å². The summed E-state index contributed by atoms with van der Waals surface area (Å²) in [7, 11) is 1.63. The largest absolute Gasteiger partial charge is 0.497 e. The molecule has 1 heterocycles. The van der Waals surface area contributed by atoms with Gasteiger partial charge in [-0.15, -0.1) is 0 Å². The quantitative estimate of drug-likeness (QED) is 0.778. The molecular formula is C17H18N2O2. The number of aromatic nitrogens is 1. The van der Waals surface area contributed by atoms with Crippen molar-refractivity contribution >= 4 is 11.1 Å². The minimum atomic E-state index is -0.205. The number of rotatable bonds is 5. The molecule has 0 radical (unpaired) electrons. The van der Waals surface area contributed by atoms with E-state index < -0.39 is 0 Å². The Morgan fingerprint density at radius 3 is 2.76 bits per heavy atom. The van der Waals surface area contributed by atoms with Gasteiger partial charge in [0.1, 0.15) is 11.3 Å². The average molecular weight is 282 g/mol. The summed E-state index contributed by atoms with van der Waals surface area (Å²) in [6.07, 6.45) is 1.71. The van der Waals surface area contributed by atoms with Crippen LogP contribution in [0.4, 0.5) is 0 Å². The predicted molar refractivity (Wildman–Crippen MR) is 82.3 cm³/mol. The van der Waals surface area contributed by atoms with Gasteiger partial charge in [-0.3, -0.25) is 0 Å². The smallest absolute Gasteiger partial charge is 0.212 e. The fraction of sp³-hybridized carbons (Fsp3) is 0.235. The van der Waals surface area contributed by atoms with Gasteiger partial charge in [0.25, 0.3) is 0 Å². The van der Waals surface area contributed by atoms with E-state index in [1.807, 2.05) is 36.4 Å². The normalized spacial score (nSPS) is 12.5. The second kappa shape index (κ2) is 5.97. The molecule has 1 aromatic heterocycles. The van der Waals surface area contributed by atoms with Gasteiger partial charge in [0, 0.05) is 6.07 Å². The zero-order valence-electron chi connectivity index (χ0n) is 12.0. The molecule has 0 saturated heterocycles. The average Bonchev–Trinajstić information content (AvgIpc) is 2.96. The number of benzene rings is 2. The molecule has 0 spiro atoms. The van der Waals surface area contributed by atoms with Crippen LogP contribution in [0.3, 0.4) is 0 Å². The van der Waals surface area contributed by atoms with E-state index in [1.165, 1.54) is 5.56 Å². The van der Waals surface area contributed by atoms with Crippen molar-refractivity contribution in [2.24, 2.45) is 5.73 Å². The molecule has 0 aliphatic rings. The number of hydrogen-bond donors (Lipinski definition) is 1. The van der Waals surface area contributed by atoms with Gasteiger partial charge < -0.3 is 14.9 Å². The molecule has 0 fully saturated rings. The van der Waals surface area contributed by atoms with Crippen LogP contribution in [0.15, 0.2) is 52.9 Å². The Morgan fingerprint density at radius 2 is 2.00 bits per heavy atom. The summed E-state index contributed by atoms with van der Waals surface area (Å²) in [6.45, 7) is 0. The monoisotopic (exact) mass is 282 g/mol. The first-order chi connectivity index (χ1) is 10.3. The van der Waals surface area contributed by atoms with Crippen molar-refractivity contribution in [2.45, 2.75) is 18.9 Å². The summed E-state index contributed by atoms with van der Waals surface area (Å²) < 4.78 is 10.9. The first-order valence-electron chi connectivity index (χ1n) is 7.00. The third-order valence-electron chi connectivity index (χ3n) is 3.52. The molecule has 2 aromatic carbocycles. The first-order valence-corrected chi connectivity index (χ1v) is 7.00. The van der Waals surface area contributed by atoms with Crippen molar-refractivity contribution in [3.8, 4) is 5.75 Å². The van der Waals surface area contributed by atoms with Crippen LogP contribution in [0.1, 0.15) is 23.9 Å². The Bertz CT molecular complexity index is 722. The van der Waals surface area contributed by atoms with E-state index in [-0.39, 0.29) is 6.04 Å². The second-order valence-electron chi connectivity index (χ2n) is 5.02. The van der Waals surface area contributed by atoms with Gasteiger partial charge in [-0.1, -0.05) is 30.3 Å². The van der Waals surface area contributed by atoms with Crippen molar-refractivity contribution in [2.75, 3.05) is 7.11 Å². The standard InChI is InChI=1S/C17H18N2O2/c1-20-13-8-10-15-16(11-13)21-17(19-15)14(18)9-7-12-5-3-2-4-6-12/h2-6,8,10-11,14H,7,9,18H2,1H3. The van der Waals surface area contributed by atoms with E-state index in [4.69, 9.17) is 14.9 Å². The number of ether oxygens (including phenoxy) is 1. The fourth-order valence-corrected chi connectivity index (χ4v) is 2.30. The maximum absolute atomic E-state index is 6.19. The van der Waals surface area contributed by atoms with Gasteiger partial charge in [0.2, 0.25) is 5.89 Å². The minimum absolute atomic E-state index is 0.205. The summed E-state index contributed by atoms with van der Waals surface area (Å²) in [6, 6.07) is 15.7. The Hall–Kier alpha value is -2.33. The highest BCUT2D eigenvalue weighted by molar-refractivity contribution is 5.74. The SMILES string of the molecule is COc1ccc2nc(C(N)CCc3ccccc3)oc2c1. The van der Waals surface area contributed by atoms with Crippen LogP contribution < -0.4 is 10.5 Å². The number of aryl methyl sites for hydroxylation is 1. The van der Waals surface area contributed by atoms with Crippen LogP contribution >= 0.6 is 0 Å². The molecular weight excluding hydrogens is 264 g/mol. The summed E-state index contributed by atoms with van der Waals surface area (Å²) >= 11 is 0. The number of oxazole rings is 1. The molecule has 0 bridgehead atoms. The maximum atomic E-state index is 6.19. The molecule has 0 aliphatic carbocycles. The summed E-state index contributed by atoms with van der Waals surface area (Å²) in [5.41, 5.74) is 8.97. The highest BCUT2D eigenvalue weighted by Crippen LogP contribution is 2.25. The number of hydrogen-bond acceptors (Lipinski definition) is 4. The fourth-order valence-electron chi connectivity index (χ4n) is 2.30. The molecule has 3 rings (SSSR count). The Kier molecular flexibility index (Phi) is 3.88.